The average Bonchev–Trinajstić information content (AvgIpc) is 2.96. The summed E-state index contributed by atoms with van der Waals surface area (Å²) in [6.45, 7) is 7.13. The van der Waals surface area contributed by atoms with E-state index in [0.29, 0.717) is 17.4 Å². The smallest absolute Gasteiger partial charge is 0.164 e. The van der Waals surface area contributed by atoms with Crippen LogP contribution in [0, 0.1) is 5.92 Å². The second-order valence-corrected chi connectivity index (χ2v) is 10.4. The van der Waals surface area contributed by atoms with Crippen molar-refractivity contribution >= 4 is 5.69 Å². The van der Waals surface area contributed by atoms with E-state index in [1.165, 1.54) is 11.1 Å². The summed E-state index contributed by atoms with van der Waals surface area (Å²) in [5.74, 6) is 2.83. The van der Waals surface area contributed by atoms with Crippen LogP contribution >= 0.6 is 0 Å². The number of anilines is 1. The molecule has 2 N–H and O–H groups in total. The highest BCUT2D eigenvalue weighted by Crippen LogP contribution is 2.35. The molecule has 3 aromatic carbocycles. The molecule has 1 unspecified atom stereocenters. The van der Waals surface area contributed by atoms with Crippen LogP contribution in [-0.2, 0) is 0 Å². The van der Waals surface area contributed by atoms with Gasteiger partial charge in [0.15, 0.2) is 11.5 Å². The number of aliphatic hydroxyl groups is 1. The largest absolute Gasteiger partial charge is 0.493 e. The van der Waals surface area contributed by atoms with Crippen LogP contribution in [0.25, 0.3) is 0 Å². The van der Waals surface area contributed by atoms with Crippen molar-refractivity contribution in [3.05, 3.63) is 83.9 Å². The topological polar surface area (TPSA) is 63.2 Å². The van der Waals surface area contributed by atoms with E-state index in [1.54, 1.807) is 14.2 Å². The Morgan fingerprint density at radius 3 is 2.32 bits per heavy atom. The van der Waals surface area contributed by atoms with Gasteiger partial charge in [0.05, 0.1) is 14.2 Å². The number of aliphatic hydroxyl groups excluding tert-OH is 1. The third-order valence-corrected chi connectivity index (χ3v) is 7.40. The molecule has 3 aromatic rings. The molecule has 6 nitrogen and oxygen atoms in total. The van der Waals surface area contributed by atoms with Crippen LogP contribution in [0.3, 0.4) is 0 Å². The summed E-state index contributed by atoms with van der Waals surface area (Å²) in [5.41, 5.74) is 3.51. The zero-order valence-corrected chi connectivity index (χ0v) is 23.1. The second kappa shape index (κ2) is 13.5. The molecule has 0 aromatic heterocycles. The molecule has 0 radical (unpaired) electrons. The van der Waals surface area contributed by atoms with Crippen molar-refractivity contribution in [2.45, 2.75) is 51.4 Å². The Morgan fingerprint density at radius 1 is 0.895 bits per heavy atom. The van der Waals surface area contributed by atoms with Crippen LogP contribution in [0.2, 0.25) is 0 Å². The molecule has 1 aliphatic heterocycles. The quantitative estimate of drug-likeness (QED) is 0.268. The molecule has 1 saturated heterocycles. The van der Waals surface area contributed by atoms with Crippen molar-refractivity contribution in [3.8, 4) is 17.2 Å². The van der Waals surface area contributed by atoms with Crippen LogP contribution in [0.4, 0.5) is 5.69 Å². The maximum Gasteiger partial charge on any atom is 0.164 e. The maximum absolute atomic E-state index is 10.2. The summed E-state index contributed by atoms with van der Waals surface area (Å²) in [7, 11) is 3.28. The average molecular weight is 519 g/mol. The number of ether oxygens (including phenoxy) is 3. The van der Waals surface area contributed by atoms with Crippen LogP contribution < -0.4 is 19.5 Å². The maximum atomic E-state index is 10.2. The van der Waals surface area contributed by atoms with Gasteiger partial charge in [-0.2, -0.15) is 0 Å². The first-order chi connectivity index (χ1) is 18.5. The molecule has 1 heterocycles. The van der Waals surface area contributed by atoms with E-state index in [9.17, 15) is 5.11 Å². The minimum atomic E-state index is -0.536. The number of hydrogen-bond donors (Lipinski definition) is 2. The van der Waals surface area contributed by atoms with Crippen LogP contribution in [0.1, 0.15) is 56.3 Å². The molecule has 0 bridgehead atoms. The standard InChI is InChI=1S/C32H42N2O4/c1-23(2)32(35)33-27-12-8-11-26(21-27)24-15-18-34(19-16-24)20-17-29(25-9-6-5-7-10-25)38-28-13-14-30(36-3)31(22-28)37-4/h5-14,21-24,29,32-33,35H,15-20H2,1-4H3/t29-,32?/m1/s1. The van der Waals surface area contributed by atoms with Gasteiger partial charge in [-0.05, 0) is 73.2 Å². The predicted octanol–water partition coefficient (Wildman–Crippen LogP) is 6.48. The summed E-state index contributed by atoms with van der Waals surface area (Å²) in [5, 5.41) is 13.4. The predicted molar refractivity (Wildman–Crippen MR) is 153 cm³/mol. The summed E-state index contributed by atoms with van der Waals surface area (Å²) < 4.78 is 17.3. The number of nitrogens with one attached hydrogen (secondary N) is 1. The number of benzene rings is 3. The van der Waals surface area contributed by atoms with E-state index < -0.39 is 6.23 Å². The monoisotopic (exact) mass is 518 g/mol. The van der Waals surface area contributed by atoms with Gasteiger partial charge in [0, 0.05) is 24.7 Å². The second-order valence-electron chi connectivity index (χ2n) is 10.4. The SMILES string of the molecule is COc1ccc(O[C@H](CCN2CCC(c3cccc(NC(O)C(C)C)c3)CC2)c2ccccc2)cc1OC. The van der Waals surface area contributed by atoms with Gasteiger partial charge in [0.1, 0.15) is 18.1 Å². The molecule has 204 valence electrons. The van der Waals surface area contributed by atoms with Crippen molar-refractivity contribution < 1.29 is 19.3 Å². The van der Waals surface area contributed by atoms with Gasteiger partial charge in [-0.3, -0.25) is 0 Å². The summed E-state index contributed by atoms with van der Waals surface area (Å²) in [6.07, 6.45) is 2.56. The molecule has 4 rings (SSSR count). The number of likely N-dealkylation sites (tertiary alicyclic amines) is 1. The highest BCUT2D eigenvalue weighted by molar-refractivity contribution is 5.47. The molecule has 0 spiro atoms. The summed E-state index contributed by atoms with van der Waals surface area (Å²) in [4.78, 5) is 2.55. The fourth-order valence-corrected chi connectivity index (χ4v) is 5.02. The van der Waals surface area contributed by atoms with E-state index in [1.807, 2.05) is 44.2 Å². The molecule has 0 amide bonds. The van der Waals surface area contributed by atoms with Crippen molar-refractivity contribution in [3.63, 3.8) is 0 Å². The molecular weight excluding hydrogens is 476 g/mol. The highest BCUT2D eigenvalue weighted by Gasteiger charge is 2.23. The zero-order valence-electron chi connectivity index (χ0n) is 23.1. The Bertz CT molecular complexity index is 1130. The molecule has 6 heteroatoms. The first-order valence-corrected chi connectivity index (χ1v) is 13.7. The number of nitrogens with zero attached hydrogens (tertiary/aromatic N) is 1. The fraction of sp³-hybridized carbons (Fsp3) is 0.438. The molecule has 1 aliphatic rings. The van der Waals surface area contributed by atoms with Gasteiger partial charge < -0.3 is 29.5 Å². The third-order valence-electron chi connectivity index (χ3n) is 7.40. The number of hydrogen-bond acceptors (Lipinski definition) is 6. The third kappa shape index (κ3) is 7.42. The first-order valence-electron chi connectivity index (χ1n) is 13.7. The molecular formula is C32H42N2O4. The minimum absolute atomic E-state index is 0.0536. The molecule has 0 saturated carbocycles. The van der Waals surface area contributed by atoms with E-state index >= 15 is 0 Å². The fourth-order valence-electron chi connectivity index (χ4n) is 5.02. The summed E-state index contributed by atoms with van der Waals surface area (Å²) >= 11 is 0. The van der Waals surface area contributed by atoms with Gasteiger partial charge in [-0.1, -0.05) is 56.3 Å². The van der Waals surface area contributed by atoms with E-state index in [0.717, 1.165) is 50.3 Å². The lowest BCUT2D eigenvalue weighted by Gasteiger charge is -2.33. The highest BCUT2D eigenvalue weighted by atomic mass is 16.5. The molecule has 0 aliphatic carbocycles. The van der Waals surface area contributed by atoms with Gasteiger partial charge in [0.25, 0.3) is 0 Å². The van der Waals surface area contributed by atoms with Crippen molar-refractivity contribution in [2.75, 3.05) is 39.2 Å². The normalized spacial score (nSPS) is 16.2. The number of methoxy groups -OCH3 is 2. The van der Waals surface area contributed by atoms with Crippen molar-refractivity contribution in [1.82, 2.24) is 4.90 Å². The van der Waals surface area contributed by atoms with Crippen molar-refractivity contribution in [1.29, 1.82) is 0 Å². The van der Waals surface area contributed by atoms with Crippen LogP contribution in [-0.4, -0.2) is 50.1 Å². The minimum Gasteiger partial charge on any atom is -0.493 e. The van der Waals surface area contributed by atoms with E-state index in [4.69, 9.17) is 14.2 Å². The first kappa shape index (κ1) is 27.8. The van der Waals surface area contributed by atoms with Crippen molar-refractivity contribution in [2.24, 2.45) is 5.92 Å². The van der Waals surface area contributed by atoms with Gasteiger partial charge in [-0.25, -0.2) is 0 Å². The van der Waals surface area contributed by atoms with E-state index in [-0.39, 0.29) is 12.0 Å². The summed E-state index contributed by atoms with van der Waals surface area (Å²) in [6, 6.07) is 24.7. The van der Waals surface area contributed by atoms with Gasteiger partial charge in [0.2, 0.25) is 0 Å². The Kier molecular flexibility index (Phi) is 9.91. The molecule has 38 heavy (non-hydrogen) atoms. The van der Waals surface area contributed by atoms with E-state index in [2.05, 4.69) is 52.7 Å². The van der Waals surface area contributed by atoms with Gasteiger partial charge in [-0.15, -0.1) is 0 Å². The Morgan fingerprint density at radius 2 is 1.63 bits per heavy atom. The Balaban J connectivity index is 1.35. The van der Waals surface area contributed by atoms with Crippen LogP contribution in [0.5, 0.6) is 17.2 Å². The zero-order chi connectivity index (χ0) is 26.9. The number of piperidine rings is 1. The Labute approximate surface area is 227 Å². The van der Waals surface area contributed by atoms with Crippen LogP contribution in [0.15, 0.2) is 72.8 Å². The number of rotatable bonds is 12. The lowest BCUT2D eigenvalue weighted by Crippen LogP contribution is -2.34. The molecule has 1 fully saturated rings. The lowest BCUT2D eigenvalue weighted by atomic mass is 9.89. The lowest BCUT2D eigenvalue weighted by molar-refractivity contribution is 0.147. The van der Waals surface area contributed by atoms with Gasteiger partial charge >= 0.3 is 0 Å². The molecule has 2 atom stereocenters. The Hall–Kier alpha value is -3.22.